The summed E-state index contributed by atoms with van der Waals surface area (Å²) in [5.74, 6) is 0.661. The maximum absolute atomic E-state index is 2.31. The number of allylic oxidation sites excluding steroid dienone is 4. The SMILES string of the molecule is CC1=C(C)C(C)C(C)=C1C(C)(C)C. The van der Waals surface area contributed by atoms with E-state index in [1.165, 1.54) is 5.57 Å². The van der Waals surface area contributed by atoms with E-state index in [1.807, 2.05) is 0 Å². The second kappa shape index (κ2) is 3.01. The molecule has 0 aromatic carbocycles. The van der Waals surface area contributed by atoms with E-state index >= 15 is 0 Å². The Labute approximate surface area is 82.7 Å². The van der Waals surface area contributed by atoms with Gasteiger partial charge in [-0.25, -0.2) is 0 Å². The van der Waals surface area contributed by atoms with Gasteiger partial charge in [0.05, 0.1) is 0 Å². The summed E-state index contributed by atoms with van der Waals surface area (Å²) in [5.41, 5.74) is 6.54. The van der Waals surface area contributed by atoms with Crippen molar-refractivity contribution in [1.29, 1.82) is 0 Å². The van der Waals surface area contributed by atoms with Crippen LogP contribution in [0.25, 0.3) is 0 Å². The molecule has 0 spiro atoms. The van der Waals surface area contributed by atoms with E-state index in [0.29, 0.717) is 11.3 Å². The minimum absolute atomic E-state index is 0.306. The molecule has 1 rings (SSSR count). The molecular weight excluding hydrogens is 156 g/mol. The van der Waals surface area contributed by atoms with Crippen molar-refractivity contribution in [3.63, 3.8) is 0 Å². The zero-order valence-electron chi connectivity index (χ0n) is 10.1. The first kappa shape index (κ1) is 10.6. The van der Waals surface area contributed by atoms with Gasteiger partial charge in [0.1, 0.15) is 0 Å². The molecular formula is C13H22. The summed E-state index contributed by atoms with van der Waals surface area (Å²) in [4.78, 5) is 0. The Morgan fingerprint density at radius 2 is 1.38 bits per heavy atom. The minimum atomic E-state index is 0.306. The third-order valence-corrected chi connectivity index (χ3v) is 3.41. The predicted octanol–water partition coefficient (Wildman–Crippen LogP) is 4.34. The number of hydrogen-bond acceptors (Lipinski definition) is 0. The first-order chi connectivity index (χ1) is 5.76. The molecule has 1 aliphatic carbocycles. The number of rotatable bonds is 0. The quantitative estimate of drug-likeness (QED) is 0.518. The van der Waals surface area contributed by atoms with Gasteiger partial charge in [-0.15, -0.1) is 0 Å². The van der Waals surface area contributed by atoms with Crippen molar-refractivity contribution in [2.45, 2.75) is 48.5 Å². The summed E-state index contributed by atoms with van der Waals surface area (Å²) >= 11 is 0. The van der Waals surface area contributed by atoms with Crippen LogP contribution in [-0.4, -0.2) is 0 Å². The van der Waals surface area contributed by atoms with Crippen LogP contribution in [0, 0.1) is 11.3 Å². The molecule has 74 valence electrons. The van der Waals surface area contributed by atoms with Gasteiger partial charge in [0.15, 0.2) is 0 Å². The molecule has 0 aliphatic heterocycles. The topological polar surface area (TPSA) is 0 Å². The molecule has 0 aromatic rings. The standard InChI is InChI=1S/C13H22/c1-8-9(2)11(4)12(10(8)3)13(5,6)7/h8H,1-7H3. The molecule has 0 amide bonds. The van der Waals surface area contributed by atoms with Crippen molar-refractivity contribution < 1.29 is 0 Å². The Bertz CT molecular complexity index is 282. The molecule has 0 bridgehead atoms. The average Bonchev–Trinajstić information content (AvgIpc) is 2.14. The zero-order chi connectivity index (χ0) is 10.4. The maximum Gasteiger partial charge on any atom is -0.00150 e. The van der Waals surface area contributed by atoms with Crippen molar-refractivity contribution in [2.24, 2.45) is 11.3 Å². The summed E-state index contributed by atoms with van der Waals surface area (Å²) in [6, 6.07) is 0. The van der Waals surface area contributed by atoms with Crippen LogP contribution < -0.4 is 0 Å². The fraction of sp³-hybridized carbons (Fsp3) is 0.692. The first-order valence-electron chi connectivity index (χ1n) is 5.15. The van der Waals surface area contributed by atoms with Crippen molar-refractivity contribution >= 4 is 0 Å². The Hall–Kier alpha value is -0.520. The van der Waals surface area contributed by atoms with Crippen LogP contribution in [0.5, 0.6) is 0 Å². The van der Waals surface area contributed by atoms with E-state index < -0.39 is 0 Å². The number of hydrogen-bond donors (Lipinski definition) is 0. The molecule has 0 heteroatoms. The summed E-state index contributed by atoms with van der Waals surface area (Å²) in [7, 11) is 0. The fourth-order valence-electron chi connectivity index (χ4n) is 2.51. The molecule has 1 atom stereocenters. The molecule has 0 nitrogen and oxygen atoms in total. The fourth-order valence-corrected chi connectivity index (χ4v) is 2.51. The van der Waals surface area contributed by atoms with Crippen LogP contribution in [0.3, 0.4) is 0 Å². The predicted molar refractivity (Wildman–Crippen MR) is 59.7 cm³/mol. The highest BCUT2D eigenvalue weighted by Crippen LogP contribution is 2.44. The van der Waals surface area contributed by atoms with Gasteiger partial charge < -0.3 is 0 Å². The van der Waals surface area contributed by atoms with Gasteiger partial charge >= 0.3 is 0 Å². The van der Waals surface area contributed by atoms with Crippen LogP contribution >= 0.6 is 0 Å². The lowest BCUT2D eigenvalue weighted by molar-refractivity contribution is 0.505. The van der Waals surface area contributed by atoms with Crippen molar-refractivity contribution in [2.75, 3.05) is 0 Å². The third-order valence-electron chi connectivity index (χ3n) is 3.41. The van der Waals surface area contributed by atoms with Crippen LogP contribution in [-0.2, 0) is 0 Å². The highest BCUT2D eigenvalue weighted by molar-refractivity contribution is 5.49. The van der Waals surface area contributed by atoms with Gasteiger partial charge in [0, 0.05) is 0 Å². The molecule has 0 fully saturated rings. The van der Waals surface area contributed by atoms with Crippen molar-refractivity contribution in [1.82, 2.24) is 0 Å². The van der Waals surface area contributed by atoms with Crippen LogP contribution in [0.15, 0.2) is 22.3 Å². The van der Waals surface area contributed by atoms with Gasteiger partial charge in [-0.05, 0) is 43.3 Å². The lowest BCUT2D eigenvalue weighted by Crippen LogP contribution is -2.10. The lowest BCUT2D eigenvalue weighted by Gasteiger charge is -2.23. The smallest absolute Gasteiger partial charge is 0.00150 e. The second-order valence-electron chi connectivity index (χ2n) is 5.34. The normalized spacial score (nSPS) is 24.7. The lowest BCUT2D eigenvalue weighted by atomic mass is 9.81. The monoisotopic (exact) mass is 178 g/mol. The molecule has 1 aliphatic rings. The van der Waals surface area contributed by atoms with E-state index in [9.17, 15) is 0 Å². The molecule has 1 unspecified atom stereocenters. The Morgan fingerprint density at radius 1 is 0.923 bits per heavy atom. The van der Waals surface area contributed by atoms with Gasteiger partial charge in [0.2, 0.25) is 0 Å². The Kier molecular flexibility index (Phi) is 2.44. The maximum atomic E-state index is 2.31. The summed E-state index contributed by atoms with van der Waals surface area (Å²) in [6.07, 6.45) is 0. The van der Waals surface area contributed by atoms with Crippen LogP contribution in [0.1, 0.15) is 48.5 Å². The van der Waals surface area contributed by atoms with Gasteiger partial charge in [-0.3, -0.25) is 0 Å². The van der Waals surface area contributed by atoms with Gasteiger partial charge in [0.25, 0.3) is 0 Å². The first-order valence-corrected chi connectivity index (χ1v) is 5.15. The average molecular weight is 178 g/mol. The van der Waals surface area contributed by atoms with Crippen molar-refractivity contribution in [3.05, 3.63) is 22.3 Å². The Balaban J connectivity index is 3.24. The van der Waals surface area contributed by atoms with E-state index in [-0.39, 0.29) is 0 Å². The van der Waals surface area contributed by atoms with E-state index in [2.05, 4.69) is 48.5 Å². The van der Waals surface area contributed by atoms with E-state index in [4.69, 9.17) is 0 Å². The summed E-state index contributed by atoms with van der Waals surface area (Å²) < 4.78 is 0. The molecule has 0 radical (unpaired) electrons. The molecule has 0 aromatic heterocycles. The van der Waals surface area contributed by atoms with Gasteiger partial charge in [-0.1, -0.05) is 38.8 Å². The molecule has 13 heavy (non-hydrogen) atoms. The second-order valence-corrected chi connectivity index (χ2v) is 5.34. The Morgan fingerprint density at radius 3 is 1.54 bits per heavy atom. The third kappa shape index (κ3) is 1.59. The highest BCUT2D eigenvalue weighted by Gasteiger charge is 2.29. The van der Waals surface area contributed by atoms with E-state index in [0.717, 1.165) is 0 Å². The van der Waals surface area contributed by atoms with Gasteiger partial charge in [-0.2, -0.15) is 0 Å². The molecule has 0 N–H and O–H groups in total. The van der Waals surface area contributed by atoms with E-state index in [1.54, 1.807) is 16.7 Å². The van der Waals surface area contributed by atoms with Crippen LogP contribution in [0.4, 0.5) is 0 Å². The summed E-state index contributed by atoms with van der Waals surface area (Å²) in [6.45, 7) is 16.0. The zero-order valence-corrected chi connectivity index (χ0v) is 10.1. The highest BCUT2D eigenvalue weighted by atomic mass is 14.3. The van der Waals surface area contributed by atoms with Crippen molar-refractivity contribution in [3.8, 4) is 0 Å². The molecule has 0 heterocycles. The minimum Gasteiger partial charge on any atom is -0.0632 e. The largest absolute Gasteiger partial charge is 0.0632 e. The molecule has 0 saturated carbocycles. The van der Waals surface area contributed by atoms with Crippen LogP contribution in [0.2, 0.25) is 0 Å². The molecule has 0 saturated heterocycles. The summed E-state index contributed by atoms with van der Waals surface area (Å²) in [5, 5.41) is 0.